The van der Waals surface area contributed by atoms with Crippen LogP contribution in [0.25, 0.3) is 0 Å². The number of carboxylic acids is 1. The first-order chi connectivity index (χ1) is 19.3. The lowest BCUT2D eigenvalue weighted by molar-refractivity contribution is -0.124. The number of unbranched alkanes of at least 4 members (excludes halogenated alkanes) is 9. The molecule has 0 spiro atoms. The molecular weight excluding hydrogens is 504 g/mol. The Bertz CT molecular complexity index is 1070. The van der Waals surface area contributed by atoms with E-state index in [1.807, 2.05) is 13.8 Å². The summed E-state index contributed by atoms with van der Waals surface area (Å²) in [6.07, 6.45) is 13.2. The Morgan fingerprint density at radius 2 is 1.20 bits per heavy atom. The predicted molar refractivity (Wildman–Crippen MR) is 160 cm³/mol. The first-order valence-electron chi connectivity index (χ1n) is 14.8. The van der Waals surface area contributed by atoms with Crippen LogP contribution in [0.3, 0.4) is 0 Å². The summed E-state index contributed by atoms with van der Waals surface area (Å²) in [5.74, 6) is -1.46. The average molecular weight is 551 g/mol. The summed E-state index contributed by atoms with van der Waals surface area (Å²) in [5, 5.41) is 23.2. The molecule has 0 fully saturated rings. The van der Waals surface area contributed by atoms with E-state index < -0.39 is 12.0 Å². The van der Waals surface area contributed by atoms with Crippen LogP contribution in [0.15, 0.2) is 58.8 Å². The maximum Gasteiger partial charge on any atom is 0.335 e. The van der Waals surface area contributed by atoms with Crippen LogP contribution >= 0.6 is 0 Å². The molecule has 218 valence electrons. The molecule has 0 radical (unpaired) electrons. The molecular formula is C32H46N4O4. The molecule has 2 aromatic rings. The molecule has 0 aliphatic rings. The predicted octanol–water partition coefficient (Wildman–Crippen LogP) is 7.98. The Morgan fingerprint density at radius 3 is 1.68 bits per heavy atom. The van der Waals surface area contributed by atoms with Crippen molar-refractivity contribution in [1.29, 1.82) is 0 Å². The second kappa shape index (κ2) is 18.7. The zero-order valence-electron chi connectivity index (χ0n) is 24.3. The highest BCUT2D eigenvalue weighted by molar-refractivity contribution is 5.97. The van der Waals surface area contributed by atoms with Gasteiger partial charge in [-0.3, -0.25) is 9.59 Å². The van der Waals surface area contributed by atoms with Gasteiger partial charge >= 0.3 is 5.97 Å². The van der Waals surface area contributed by atoms with Crippen molar-refractivity contribution >= 4 is 29.2 Å². The van der Waals surface area contributed by atoms with Crippen molar-refractivity contribution in [1.82, 2.24) is 10.6 Å². The van der Waals surface area contributed by atoms with Crippen molar-refractivity contribution in [3.63, 3.8) is 0 Å². The number of hydrogen-bond acceptors (Lipinski definition) is 5. The molecule has 0 aliphatic heterocycles. The van der Waals surface area contributed by atoms with Gasteiger partial charge in [0.1, 0.15) is 6.04 Å². The molecule has 3 N–H and O–H groups in total. The van der Waals surface area contributed by atoms with Crippen LogP contribution in [0.1, 0.15) is 112 Å². The molecule has 2 atom stereocenters. The Hall–Kier alpha value is -3.55. The molecule has 2 amide bonds. The van der Waals surface area contributed by atoms with Crippen molar-refractivity contribution in [2.24, 2.45) is 16.1 Å². The molecule has 0 saturated carbocycles. The second-order valence-corrected chi connectivity index (χ2v) is 10.4. The van der Waals surface area contributed by atoms with Gasteiger partial charge in [0.25, 0.3) is 5.91 Å². The normalized spacial score (nSPS) is 12.7. The van der Waals surface area contributed by atoms with Gasteiger partial charge in [0.2, 0.25) is 5.91 Å². The van der Waals surface area contributed by atoms with Gasteiger partial charge in [0, 0.05) is 12.1 Å². The summed E-state index contributed by atoms with van der Waals surface area (Å²) in [6.45, 7) is 6.84. The number of carboxylic acid groups (broad SMARTS) is 1. The van der Waals surface area contributed by atoms with E-state index in [2.05, 4.69) is 27.8 Å². The van der Waals surface area contributed by atoms with Crippen molar-refractivity contribution in [2.45, 2.75) is 97.4 Å². The van der Waals surface area contributed by atoms with E-state index in [1.54, 1.807) is 36.4 Å². The Morgan fingerprint density at radius 1 is 0.725 bits per heavy atom. The number of amides is 2. The summed E-state index contributed by atoms with van der Waals surface area (Å²) in [5.41, 5.74) is 1.68. The first kappa shape index (κ1) is 32.7. The van der Waals surface area contributed by atoms with Gasteiger partial charge in [-0.15, -0.1) is 0 Å². The smallest absolute Gasteiger partial charge is 0.335 e. The van der Waals surface area contributed by atoms with E-state index in [9.17, 15) is 14.4 Å². The molecule has 0 aliphatic carbocycles. The monoisotopic (exact) mass is 550 g/mol. The number of hydrogen-bond donors (Lipinski definition) is 3. The minimum absolute atomic E-state index is 0.00255. The number of nitrogens with zero attached hydrogens (tertiary/aromatic N) is 2. The lowest BCUT2D eigenvalue weighted by Crippen LogP contribution is -2.50. The molecule has 0 saturated heterocycles. The second-order valence-electron chi connectivity index (χ2n) is 10.4. The number of rotatable bonds is 19. The van der Waals surface area contributed by atoms with E-state index in [4.69, 9.17) is 5.11 Å². The summed E-state index contributed by atoms with van der Waals surface area (Å²) in [6, 6.07) is 12.1. The molecule has 2 rings (SSSR count). The molecule has 0 heterocycles. The number of nitrogens with one attached hydrogen (secondary N) is 2. The van der Waals surface area contributed by atoms with Gasteiger partial charge < -0.3 is 15.7 Å². The molecule has 8 nitrogen and oxygen atoms in total. The number of azo groups is 1. The average Bonchev–Trinajstić information content (AvgIpc) is 2.97. The van der Waals surface area contributed by atoms with Gasteiger partial charge in [-0.25, -0.2) is 4.79 Å². The standard InChI is InChI=1S/C32H46N4O4/c1-4-6-7-8-9-10-11-12-13-14-23-33-31(38)29(24(3)5-2)34-30(37)25-15-19-27(20-16-25)35-36-28-21-17-26(18-22-28)32(39)40/h15-22,24,29H,4-14,23H2,1-3H3,(H,33,38)(H,34,37)(H,39,40)/t24-,29-/m0/s1. The fraction of sp³-hybridized carbons (Fsp3) is 0.531. The Kier molecular flexibility index (Phi) is 15.3. The first-order valence-corrected chi connectivity index (χ1v) is 14.8. The molecule has 0 unspecified atom stereocenters. The molecule has 2 aromatic carbocycles. The Balaban J connectivity index is 1.79. The SMILES string of the molecule is CCCCCCCCCCCCNC(=O)[C@@H](NC(=O)c1ccc(N=Nc2ccc(C(=O)O)cc2)cc1)[C@@H](C)CC. The number of carbonyl (C=O) groups is 3. The van der Waals surface area contributed by atoms with Gasteiger partial charge in [0.15, 0.2) is 0 Å². The van der Waals surface area contributed by atoms with Crippen molar-refractivity contribution in [3.8, 4) is 0 Å². The minimum Gasteiger partial charge on any atom is -0.478 e. The minimum atomic E-state index is -1.00. The topological polar surface area (TPSA) is 120 Å². The van der Waals surface area contributed by atoms with E-state index in [1.165, 1.54) is 63.5 Å². The van der Waals surface area contributed by atoms with Crippen molar-refractivity contribution < 1.29 is 19.5 Å². The van der Waals surface area contributed by atoms with Crippen LogP contribution in [-0.4, -0.2) is 35.5 Å². The molecule has 40 heavy (non-hydrogen) atoms. The Labute approximate surface area is 239 Å². The van der Waals surface area contributed by atoms with Crippen LogP contribution in [0.2, 0.25) is 0 Å². The summed E-state index contributed by atoms with van der Waals surface area (Å²) >= 11 is 0. The maximum atomic E-state index is 12.9. The van der Waals surface area contributed by atoms with Crippen molar-refractivity contribution in [2.75, 3.05) is 6.54 Å². The fourth-order valence-electron chi connectivity index (χ4n) is 4.33. The van der Waals surface area contributed by atoms with Gasteiger partial charge in [0.05, 0.1) is 16.9 Å². The zero-order valence-corrected chi connectivity index (χ0v) is 24.3. The highest BCUT2D eigenvalue weighted by Gasteiger charge is 2.26. The van der Waals surface area contributed by atoms with Gasteiger partial charge in [-0.2, -0.15) is 10.2 Å². The van der Waals surface area contributed by atoms with Gasteiger partial charge in [-0.1, -0.05) is 85.0 Å². The largest absolute Gasteiger partial charge is 0.478 e. The van der Waals surface area contributed by atoms with E-state index in [0.717, 1.165) is 19.3 Å². The van der Waals surface area contributed by atoms with Crippen LogP contribution in [0.5, 0.6) is 0 Å². The number of carbonyl (C=O) groups excluding carboxylic acids is 2. The lowest BCUT2D eigenvalue weighted by atomic mass is 9.97. The third kappa shape index (κ3) is 12.1. The number of benzene rings is 2. The highest BCUT2D eigenvalue weighted by atomic mass is 16.4. The summed E-state index contributed by atoms with van der Waals surface area (Å²) in [4.78, 5) is 36.8. The molecule has 0 bridgehead atoms. The van der Waals surface area contributed by atoms with E-state index >= 15 is 0 Å². The van der Waals surface area contributed by atoms with Crippen molar-refractivity contribution in [3.05, 3.63) is 59.7 Å². The molecule has 8 heteroatoms. The third-order valence-electron chi connectivity index (χ3n) is 7.14. The van der Waals surface area contributed by atoms with E-state index in [-0.39, 0.29) is 23.3 Å². The van der Waals surface area contributed by atoms with Crippen LogP contribution in [0.4, 0.5) is 11.4 Å². The summed E-state index contributed by atoms with van der Waals surface area (Å²) in [7, 11) is 0. The quantitative estimate of drug-likeness (QED) is 0.121. The number of aromatic carboxylic acids is 1. The highest BCUT2D eigenvalue weighted by Crippen LogP contribution is 2.20. The zero-order chi connectivity index (χ0) is 29.2. The van der Waals surface area contributed by atoms with Crippen LogP contribution in [0, 0.1) is 5.92 Å². The van der Waals surface area contributed by atoms with Crippen LogP contribution < -0.4 is 10.6 Å². The van der Waals surface area contributed by atoms with Gasteiger partial charge in [-0.05, 0) is 60.9 Å². The van der Waals surface area contributed by atoms with Crippen LogP contribution in [-0.2, 0) is 4.79 Å². The fourth-order valence-corrected chi connectivity index (χ4v) is 4.33. The maximum absolute atomic E-state index is 12.9. The third-order valence-corrected chi connectivity index (χ3v) is 7.14. The summed E-state index contributed by atoms with van der Waals surface area (Å²) < 4.78 is 0. The molecule has 0 aromatic heterocycles. The lowest BCUT2D eigenvalue weighted by Gasteiger charge is -2.23. The van der Waals surface area contributed by atoms with E-state index in [0.29, 0.717) is 23.5 Å².